The molecule has 1 aliphatic carbocycles. The van der Waals surface area contributed by atoms with E-state index in [0.29, 0.717) is 0 Å². The monoisotopic (exact) mass is 287 g/mol. The van der Waals surface area contributed by atoms with Crippen LogP contribution in [0, 0.1) is 0 Å². The molecule has 3 rings (SSSR count). The molecule has 2 aromatic rings. The summed E-state index contributed by atoms with van der Waals surface area (Å²) in [6.45, 7) is 2.27. The second kappa shape index (κ2) is 5.62. The molecule has 1 atom stereocenters. The molecule has 0 bridgehead atoms. The van der Waals surface area contributed by atoms with Crippen LogP contribution in [0.1, 0.15) is 60.6 Å². The van der Waals surface area contributed by atoms with Gasteiger partial charge in [0.2, 0.25) is 0 Å². The molecule has 1 aromatic carbocycles. The van der Waals surface area contributed by atoms with Gasteiger partial charge in [0.05, 0.1) is 6.04 Å². The highest BCUT2D eigenvalue weighted by Gasteiger charge is 2.37. The largest absolute Gasteiger partial charge is 0.318 e. The third kappa shape index (κ3) is 2.38. The van der Waals surface area contributed by atoms with E-state index < -0.39 is 0 Å². The van der Waals surface area contributed by atoms with Gasteiger partial charge in [0.1, 0.15) is 10.0 Å². The molecule has 1 aliphatic rings. The van der Waals surface area contributed by atoms with Gasteiger partial charge in [0, 0.05) is 5.41 Å². The summed E-state index contributed by atoms with van der Waals surface area (Å²) in [6, 6.07) is 9.99. The second-order valence-corrected chi connectivity index (χ2v) is 6.68. The van der Waals surface area contributed by atoms with Gasteiger partial charge in [-0.25, -0.2) is 0 Å². The first kappa shape index (κ1) is 13.7. The van der Waals surface area contributed by atoms with E-state index >= 15 is 0 Å². The highest BCUT2D eigenvalue weighted by molar-refractivity contribution is 7.11. The SMILES string of the molecule is CCC1(c2nnc(C(N)c3ccccc3)s2)CCCC1. The van der Waals surface area contributed by atoms with Crippen molar-refractivity contribution >= 4 is 11.3 Å². The van der Waals surface area contributed by atoms with E-state index in [9.17, 15) is 0 Å². The van der Waals surface area contributed by atoms with E-state index in [1.54, 1.807) is 11.3 Å². The minimum absolute atomic E-state index is 0.155. The molecule has 1 saturated carbocycles. The normalized spacial score (nSPS) is 19.1. The summed E-state index contributed by atoms with van der Waals surface area (Å²) < 4.78 is 0. The Kier molecular flexibility index (Phi) is 3.85. The summed E-state index contributed by atoms with van der Waals surface area (Å²) in [5.41, 5.74) is 7.69. The molecule has 1 unspecified atom stereocenters. The van der Waals surface area contributed by atoms with Crippen LogP contribution in [0.3, 0.4) is 0 Å². The van der Waals surface area contributed by atoms with Crippen molar-refractivity contribution in [1.29, 1.82) is 0 Å². The molecule has 1 heterocycles. The molecule has 0 radical (unpaired) electrons. The number of hydrogen-bond acceptors (Lipinski definition) is 4. The van der Waals surface area contributed by atoms with Gasteiger partial charge in [-0.2, -0.15) is 0 Å². The van der Waals surface area contributed by atoms with Crippen LogP contribution >= 0.6 is 11.3 Å². The third-order valence-electron chi connectivity index (χ3n) is 4.56. The van der Waals surface area contributed by atoms with Crippen molar-refractivity contribution in [2.24, 2.45) is 5.73 Å². The lowest BCUT2D eigenvalue weighted by Gasteiger charge is -2.23. The van der Waals surface area contributed by atoms with Gasteiger partial charge in [-0.3, -0.25) is 0 Å². The molecule has 4 heteroatoms. The van der Waals surface area contributed by atoms with Gasteiger partial charge in [-0.1, -0.05) is 61.4 Å². The maximum absolute atomic E-state index is 6.32. The Labute approximate surface area is 124 Å². The molecule has 20 heavy (non-hydrogen) atoms. The fourth-order valence-electron chi connectivity index (χ4n) is 3.15. The quantitative estimate of drug-likeness (QED) is 0.930. The molecular weight excluding hydrogens is 266 g/mol. The summed E-state index contributed by atoms with van der Waals surface area (Å²) in [7, 11) is 0. The standard InChI is InChI=1S/C16H21N3S/c1-2-16(10-6-7-11-16)15-19-18-14(20-15)13(17)12-8-4-3-5-9-12/h3-5,8-9,13H,2,6-7,10-11,17H2,1H3. The molecule has 1 aromatic heterocycles. The van der Waals surface area contributed by atoms with Crippen molar-refractivity contribution in [3.8, 4) is 0 Å². The predicted octanol–water partition coefficient (Wildman–Crippen LogP) is 3.81. The van der Waals surface area contributed by atoms with Crippen molar-refractivity contribution in [3.63, 3.8) is 0 Å². The predicted molar refractivity (Wildman–Crippen MR) is 82.8 cm³/mol. The molecule has 106 valence electrons. The van der Waals surface area contributed by atoms with Crippen LogP contribution in [-0.2, 0) is 5.41 Å². The minimum atomic E-state index is -0.155. The highest BCUT2D eigenvalue weighted by atomic mass is 32.1. The van der Waals surface area contributed by atoms with Crippen LogP contribution in [0.2, 0.25) is 0 Å². The summed E-state index contributed by atoms with van der Waals surface area (Å²) in [4.78, 5) is 0. The van der Waals surface area contributed by atoms with Crippen LogP contribution in [-0.4, -0.2) is 10.2 Å². The maximum Gasteiger partial charge on any atom is 0.138 e. The maximum atomic E-state index is 6.32. The molecule has 3 nitrogen and oxygen atoms in total. The van der Waals surface area contributed by atoms with Crippen LogP contribution in [0.25, 0.3) is 0 Å². The van der Waals surface area contributed by atoms with Gasteiger partial charge in [0.15, 0.2) is 0 Å². The zero-order chi connectivity index (χ0) is 14.0. The molecule has 2 N–H and O–H groups in total. The average Bonchev–Trinajstić information content (AvgIpc) is 3.17. The minimum Gasteiger partial charge on any atom is -0.318 e. The molecule has 0 aliphatic heterocycles. The molecule has 1 fully saturated rings. The van der Waals surface area contributed by atoms with Gasteiger partial charge in [-0.15, -0.1) is 10.2 Å². The lowest BCUT2D eigenvalue weighted by Crippen LogP contribution is -2.20. The summed E-state index contributed by atoms with van der Waals surface area (Å²) >= 11 is 1.71. The van der Waals surface area contributed by atoms with Crippen molar-refractivity contribution in [2.45, 2.75) is 50.5 Å². The number of rotatable bonds is 4. The van der Waals surface area contributed by atoms with Crippen LogP contribution < -0.4 is 5.73 Å². The first-order valence-corrected chi connectivity index (χ1v) is 8.21. The lowest BCUT2D eigenvalue weighted by molar-refractivity contribution is 0.419. The van der Waals surface area contributed by atoms with E-state index in [1.165, 1.54) is 30.7 Å². The number of hydrogen-bond donors (Lipinski definition) is 1. The van der Waals surface area contributed by atoms with E-state index in [0.717, 1.165) is 17.0 Å². The topological polar surface area (TPSA) is 51.8 Å². The first-order valence-electron chi connectivity index (χ1n) is 7.39. The Morgan fingerprint density at radius 2 is 1.90 bits per heavy atom. The fraction of sp³-hybridized carbons (Fsp3) is 0.500. The average molecular weight is 287 g/mol. The van der Waals surface area contributed by atoms with E-state index in [-0.39, 0.29) is 11.5 Å². The first-order chi connectivity index (χ1) is 9.75. The van der Waals surface area contributed by atoms with Gasteiger partial charge in [0.25, 0.3) is 0 Å². The zero-order valence-electron chi connectivity index (χ0n) is 11.9. The van der Waals surface area contributed by atoms with Crippen molar-refractivity contribution < 1.29 is 0 Å². The van der Waals surface area contributed by atoms with Crippen LogP contribution in [0.4, 0.5) is 0 Å². The van der Waals surface area contributed by atoms with Crippen LogP contribution in [0.5, 0.6) is 0 Å². The molecule has 0 saturated heterocycles. The number of nitrogens with two attached hydrogens (primary N) is 1. The Bertz CT molecular complexity index is 558. The number of aromatic nitrogens is 2. The molecular formula is C16H21N3S. The Hall–Kier alpha value is -1.26. The molecule has 0 spiro atoms. The van der Waals surface area contributed by atoms with Crippen molar-refractivity contribution in [2.75, 3.05) is 0 Å². The van der Waals surface area contributed by atoms with Crippen molar-refractivity contribution in [3.05, 3.63) is 45.9 Å². The smallest absolute Gasteiger partial charge is 0.138 e. The van der Waals surface area contributed by atoms with Crippen LogP contribution in [0.15, 0.2) is 30.3 Å². The number of benzene rings is 1. The van der Waals surface area contributed by atoms with E-state index in [1.807, 2.05) is 18.2 Å². The van der Waals surface area contributed by atoms with Gasteiger partial charge in [-0.05, 0) is 24.8 Å². The number of nitrogens with zero attached hydrogens (tertiary/aromatic N) is 2. The Balaban J connectivity index is 1.87. The van der Waals surface area contributed by atoms with E-state index in [2.05, 4.69) is 29.3 Å². The summed E-state index contributed by atoms with van der Waals surface area (Å²) in [6.07, 6.45) is 6.28. The highest BCUT2D eigenvalue weighted by Crippen LogP contribution is 2.45. The Morgan fingerprint density at radius 1 is 1.20 bits per heavy atom. The zero-order valence-corrected chi connectivity index (χ0v) is 12.7. The van der Waals surface area contributed by atoms with Gasteiger partial charge >= 0.3 is 0 Å². The lowest BCUT2D eigenvalue weighted by atomic mass is 9.84. The summed E-state index contributed by atoms with van der Waals surface area (Å²) in [5, 5.41) is 11.0. The third-order valence-corrected chi connectivity index (χ3v) is 5.81. The summed E-state index contributed by atoms with van der Waals surface area (Å²) in [5.74, 6) is 0. The Morgan fingerprint density at radius 3 is 2.55 bits per heavy atom. The fourth-order valence-corrected chi connectivity index (χ4v) is 4.34. The second-order valence-electron chi connectivity index (χ2n) is 5.67. The van der Waals surface area contributed by atoms with Crippen molar-refractivity contribution in [1.82, 2.24) is 10.2 Å². The van der Waals surface area contributed by atoms with Gasteiger partial charge < -0.3 is 5.73 Å². The molecule has 0 amide bonds. The van der Waals surface area contributed by atoms with E-state index in [4.69, 9.17) is 5.73 Å².